The molecule has 0 saturated carbocycles. The molecule has 0 atom stereocenters. The molecule has 0 radical (unpaired) electrons. The first-order valence-electron chi connectivity index (χ1n) is 3.56. The van der Waals surface area contributed by atoms with Crippen molar-refractivity contribution in [3.05, 3.63) is 34.5 Å². The lowest BCUT2D eigenvalue weighted by Crippen LogP contribution is -2.07. The van der Waals surface area contributed by atoms with E-state index in [1.54, 1.807) is 12.3 Å². The fraction of sp³-hybridized carbons (Fsp3) is 0. The smallest absolute Gasteiger partial charge is 0.271 e. The van der Waals surface area contributed by atoms with Crippen LogP contribution in [0.5, 0.6) is 0 Å². The van der Waals surface area contributed by atoms with Crippen LogP contribution in [-0.2, 0) is 0 Å². The quantitative estimate of drug-likeness (QED) is 0.394. The van der Waals surface area contributed by atoms with Gasteiger partial charge in [-0.2, -0.15) is 9.89 Å². The van der Waals surface area contributed by atoms with E-state index in [0.717, 1.165) is 10.2 Å². The molecule has 2 N–H and O–H groups in total. The molecule has 0 aliphatic carbocycles. The summed E-state index contributed by atoms with van der Waals surface area (Å²) >= 11 is 0. The van der Waals surface area contributed by atoms with Gasteiger partial charge in [-0.25, -0.2) is 0 Å². The van der Waals surface area contributed by atoms with Crippen LogP contribution in [0.3, 0.4) is 0 Å². The summed E-state index contributed by atoms with van der Waals surface area (Å²) in [6, 6.07) is 4.42. The minimum Gasteiger partial charge on any atom is -0.323 e. The van der Waals surface area contributed by atoms with Crippen LogP contribution in [0.25, 0.3) is 10.9 Å². The van der Waals surface area contributed by atoms with E-state index in [2.05, 4.69) is 5.10 Å². The molecule has 1 aromatic carbocycles. The number of nitrogens with two attached hydrogens (primary N) is 1. The second-order valence-electron chi connectivity index (χ2n) is 2.61. The molecule has 0 spiro atoms. The standard InChI is InChI=1S/C7H6N4O2/c8-10-4-5-1-2-6(11(12)13)3-7(5)9-10/h1-4H,8H2. The first kappa shape index (κ1) is 7.53. The Morgan fingerprint density at radius 1 is 1.54 bits per heavy atom. The van der Waals surface area contributed by atoms with Gasteiger partial charge in [0.25, 0.3) is 5.69 Å². The number of hydrogen-bond acceptors (Lipinski definition) is 4. The molecule has 2 aromatic rings. The van der Waals surface area contributed by atoms with Crippen LogP contribution in [0.4, 0.5) is 5.69 Å². The molecule has 13 heavy (non-hydrogen) atoms. The number of benzene rings is 1. The number of aromatic nitrogens is 2. The maximum atomic E-state index is 10.4. The molecule has 0 fully saturated rings. The number of non-ortho nitro benzene ring substituents is 1. The molecule has 0 bridgehead atoms. The monoisotopic (exact) mass is 178 g/mol. The van der Waals surface area contributed by atoms with Crippen LogP contribution < -0.4 is 5.84 Å². The van der Waals surface area contributed by atoms with Crippen molar-refractivity contribution < 1.29 is 4.92 Å². The van der Waals surface area contributed by atoms with E-state index in [-0.39, 0.29) is 5.69 Å². The molecular weight excluding hydrogens is 172 g/mol. The van der Waals surface area contributed by atoms with E-state index < -0.39 is 4.92 Å². The topological polar surface area (TPSA) is 87.0 Å². The number of nitro benzene ring substituents is 1. The van der Waals surface area contributed by atoms with E-state index in [0.29, 0.717) is 5.52 Å². The summed E-state index contributed by atoms with van der Waals surface area (Å²) in [5.41, 5.74) is 0.544. The fourth-order valence-corrected chi connectivity index (χ4v) is 1.14. The Kier molecular flexibility index (Phi) is 1.42. The Hall–Kier alpha value is -2.11. The number of nitrogen functional groups attached to an aromatic ring is 1. The lowest BCUT2D eigenvalue weighted by Gasteiger charge is -1.88. The highest BCUT2D eigenvalue weighted by Crippen LogP contribution is 2.18. The van der Waals surface area contributed by atoms with E-state index in [9.17, 15) is 10.1 Å². The van der Waals surface area contributed by atoms with Gasteiger partial charge in [-0.3, -0.25) is 10.1 Å². The Morgan fingerprint density at radius 3 is 3.00 bits per heavy atom. The average Bonchev–Trinajstić information content (AvgIpc) is 2.42. The van der Waals surface area contributed by atoms with Gasteiger partial charge in [-0.1, -0.05) is 0 Å². The first-order valence-corrected chi connectivity index (χ1v) is 3.56. The van der Waals surface area contributed by atoms with E-state index >= 15 is 0 Å². The van der Waals surface area contributed by atoms with Crippen molar-refractivity contribution in [2.24, 2.45) is 0 Å². The highest BCUT2D eigenvalue weighted by atomic mass is 16.6. The highest BCUT2D eigenvalue weighted by Gasteiger charge is 2.07. The maximum absolute atomic E-state index is 10.4. The molecule has 1 heterocycles. The van der Waals surface area contributed by atoms with Gasteiger partial charge in [0, 0.05) is 17.5 Å². The molecule has 1 aromatic heterocycles. The summed E-state index contributed by atoms with van der Waals surface area (Å²) in [7, 11) is 0. The number of nitro groups is 1. The maximum Gasteiger partial charge on any atom is 0.271 e. The lowest BCUT2D eigenvalue weighted by atomic mass is 10.2. The molecule has 0 saturated heterocycles. The number of rotatable bonds is 1. The molecule has 6 heteroatoms. The van der Waals surface area contributed by atoms with E-state index in [4.69, 9.17) is 5.84 Å². The van der Waals surface area contributed by atoms with Crippen molar-refractivity contribution in [2.45, 2.75) is 0 Å². The van der Waals surface area contributed by atoms with Gasteiger partial charge < -0.3 is 5.84 Å². The summed E-state index contributed by atoms with van der Waals surface area (Å²) in [5, 5.41) is 15.0. The molecular formula is C7H6N4O2. The lowest BCUT2D eigenvalue weighted by molar-refractivity contribution is -0.384. The van der Waals surface area contributed by atoms with Gasteiger partial charge in [0.05, 0.1) is 11.1 Å². The Balaban J connectivity index is 2.67. The minimum absolute atomic E-state index is 0.0196. The first-order chi connectivity index (χ1) is 6.16. The SMILES string of the molecule is Nn1cc2ccc([N+](=O)[O-])cc2n1. The summed E-state index contributed by atoms with van der Waals surface area (Å²) in [5.74, 6) is 5.35. The van der Waals surface area contributed by atoms with Gasteiger partial charge in [-0.15, -0.1) is 0 Å². The second-order valence-corrected chi connectivity index (χ2v) is 2.61. The summed E-state index contributed by atoms with van der Waals surface area (Å²) < 4.78 is 0. The second kappa shape index (κ2) is 2.44. The number of fused-ring (bicyclic) bond motifs is 1. The van der Waals surface area contributed by atoms with Crippen LogP contribution in [-0.4, -0.2) is 14.8 Å². The fourth-order valence-electron chi connectivity index (χ4n) is 1.14. The van der Waals surface area contributed by atoms with Crippen molar-refractivity contribution >= 4 is 16.6 Å². The molecule has 0 aliphatic rings. The van der Waals surface area contributed by atoms with Gasteiger partial charge in [0.15, 0.2) is 0 Å². The van der Waals surface area contributed by atoms with Crippen molar-refractivity contribution in [1.29, 1.82) is 0 Å². The molecule has 0 aliphatic heterocycles. The largest absolute Gasteiger partial charge is 0.323 e. The molecule has 2 rings (SSSR count). The van der Waals surface area contributed by atoms with Crippen molar-refractivity contribution in [2.75, 3.05) is 5.84 Å². The van der Waals surface area contributed by atoms with Crippen LogP contribution in [0.1, 0.15) is 0 Å². The normalized spacial score (nSPS) is 10.5. The van der Waals surface area contributed by atoms with Gasteiger partial charge >= 0.3 is 0 Å². The van der Waals surface area contributed by atoms with Crippen LogP contribution in [0, 0.1) is 10.1 Å². The minimum atomic E-state index is -0.463. The molecule has 0 amide bonds. The zero-order valence-electron chi connectivity index (χ0n) is 6.54. The summed E-state index contributed by atoms with van der Waals surface area (Å²) in [4.78, 5) is 11.1. The van der Waals surface area contributed by atoms with Crippen LogP contribution >= 0.6 is 0 Å². The third-order valence-electron chi connectivity index (χ3n) is 1.72. The molecule has 66 valence electrons. The third kappa shape index (κ3) is 1.18. The zero-order valence-corrected chi connectivity index (χ0v) is 6.54. The van der Waals surface area contributed by atoms with Gasteiger partial charge in [0.2, 0.25) is 0 Å². The Morgan fingerprint density at radius 2 is 2.31 bits per heavy atom. The van der Waals surface area contributed by atoms with Crippen LogP contribution in [0.2, 0.25) is 0 Å². The van der Waals surface area contributed by atoms with E-state index in [1.807, 2.05) is 0 Å². The van der Waals surface area contributed by atoms with Gasteiger partial charge in [0.1, 0.15) is 5.52 Å². The van der Waals surface area contributed by atoms with Crippen molar-refractivity contribution in [3.63, 3.8) is 0 Å². The predicted molar refractivity (Wildman–Crippen MR) is 46.5 cm³/mol. The number of hydrogen-bond donors (Lipinski definition) is 1. The van der Waals surface area contributed by atoms with E-state index in [1.165, 1.54) is 12.1 Å². The summed E-state index contributed by atoms with van der Waals surface area (Å²) in [6.07, 6.45) is 1.60. The van der Waals surface area contributed by atoms with Crippen molar-refractivity contribution in [1.82, 2.24) is 9.89 Å². The molecule has 6 nitrogen and oxygen atoms in total. The van der Waals surface area contributed by atoms with Crippen LogP contribution in [0.15, 0.2) is 24.4 Å². The van der Waals surface area contributed by atoms with Crippen molar-refractivity contribution in [3.8, 4) is 0 Å². The number of nitrogens with zero attached hydrogens (tertiary/aromatic N) is 3. The Labute approximate surface area is 72.7 Å². The third-order valence-corrected chi connectivity index (χ3v) is 1.72. The summed E-state index contributed by atoms with van der Waals surface area (Å²) in [6.45, 7) is 0. The predicted octanol–water partition coefficient (Wildman–Crippen LogP) is 0.658. The zero-order chi connectivity index (χ0) is 9.42. The van der Waals surface area contributed by atoms with Gasteiger partial charge in [-0.05, 0) is 6.07 Å². The molecule has 0 unspecified atom stereocenters. The highest BCUT2D eigenvalue weighted by molar-refractivity contribution is 5.80. The average molecular weight is 178 g/mol. The Bertz CT molecular complexity index is 476.